The lowest BCUT2D eigenvalue weighted by Gasteiger charge is -2.07. The van der Waals surface area contributed by atoms with Crippen LogP contribution in [-0.2, 0) is 23.2 Å². The van der Waals surface area contributed by atoms with Crippen molar-refractivity contribution in [3.05, 3.63) is 65.2 Å². The predicted molar refractivity (Wildman–Crippen MR) is 98.1 cm³/mol. The van der Waals surface area contributed by atoms with E-state index in [4.69, 9.17) is 0 Å². The van der Waals surface area contributed by atoms with E-state index in [1.807, 2.05) is 54.6 Å². The first-order valence-electron chi connectivity index (χ1n) is 7.75. The molecule has 0 radical (unpaired) electrons. The van der Waals surface area contributed by atoms with E-state index in [0.29, 0.717) is 13.0 Å². The molecule has 0 saturated carbocycles. The van der Waals surface area contributed by atoms with Crippen LogP contribution < -0.4 is 9.44 Å². The zero-order chi connectivity index (χ0) is 16.8. The van der Waals surface area contributed by atoms with Gasteiger partial charge < -0.3 is 0 Å². The SMILES string of the molecule is O=S(=O)(NCCCc1nc2ccccc2s1)NCc1ccccc1. The van der Waals surface area contributed by atoms with E-state index in [-0.39, 0.29) is 6.54 Å². The highest BCUT2D eigenvalue weighted by atomic mass is 32.2. The van der Waals surface area contributed by atoms with Crippen LogP contribution in [0.25, 0.3) is 10.2 Å². The van der Waals surface area contributed by atoms with Crippen LogP contribution in [0.1, 0.15) is 17.0 Å². The van der Waals surface area contributed by atoms with Gasteiger partial charge in [-0.3, -0.25) is 0 Å². The first kappa shape index (κ1) is 17.0. The highest BCUT2D eigenvalue weighted by molar-refractivity contribution is 7.87. The van der Waals surface area contributed by atoms with Crippen LogP contribution in [-0.4, -0.2) is 19.9 Å². The monoisotopic (exact) mass is 361 g/mol. The molecule has 0 aliphatic rings. The van der Waals surface area contributed by atoms with Crippen molar-refractivity contribution in [3.63, 3.8) is 0 Å². The molecule has 0 fully saturated rings. The summed E-state index contributed by atoms with van der Waals surface area (Å²) in [6.07, 6.45) is 1.48. The summed E-state index contributed by atoms with van der Waals surface area (Å²) in [5, 5.41) is 1.03. The Hall–Kier alpha value is -1.80. The molecule has 0 aliphatic carbocycles. The molecule has 3 aromatic rings. The Morgan fingerprint density at radius 3 is 2.50 bits per heavy atom. The summed E-state index contributed by atoms with van der Waals surface area (Å²) in [6.45, 7) is 0.675. The molecule has 1 aromatic heterocycles. The summed E-state index contributed by atoms with van der Waals surface area (Å²) < 4.78 is 30.1. The molecule has 7 heteroatoms. The van der Waals surface area contributed by atoms with Gasteiger partial charge in [-0.25, -0.2) is 9.71 Å². The second-order valence-electron chi connectivity index (χ2n) is 5.38. The first-order valence-corrected chi connectivity index (χ1v) is 10.0. The topological polar surface area (TPSA) is 71.1 Å². The molecule has 0 bridgehead atoms. The standard InChI is InChI=1S/C17H19N3O2S2/c21-24(22,19-13-14-7-2-1-3-8-14)18-12-6-11-17-20-15-9-4-5-10-16(15)23-17/h1-5,7-10,18-19H,6,11-13H2. The molecule has 0 saturated heterocycles. The third kappa shape index (κ3) is 4.85. The van der Waals surface area contributed by atoms with Crippen molar-refractivity contribution in [1.82, 2.24) is 14.4 Å². The minimum Gasteiger partial charge on any atom is -0.241 e. The maximum absolute atomic E-state index is 11.9. The molecule has 0 atom stereocenters. The van der Waals surface area contributed by atoms with Crippen LogP contribution in [0.15, 0.2) is 54.6 Å². The van der Waals surface area contributed by atoms with Crippen molar-refractivity contribution >= 4 is 31.8 Å². The molecular formula is C17H19N3O2S2. The van der Waals surface area contributed by atoms with Crippen molar-refractivity contribution < 1.29 is 8.42 Å². The average molecular weight is 361 g/mol. The largest absolute Gasteiger partial charge is 0.277 e. The minimum absolute atomic E-state index is 0.286. The fourth-order valence-electron chi connectivity index (χ4n) is 2.30. The summed E-state index contributed by atoms with van der Waals surface area (Å²) >= 11 is 1.66. The smallest absolute Gasteiger partial charge is 0.241 e. The highest BCUT2D eigenvalue weighted by Gasteiger charge is 2.09. The number of fused-ring (bicyclic) bond motifs is 1. The van der Waals surface area contributed by atoms with E-state index in [1.54, 1.807) is 11.3 Å². The Morgan fingerprint density at radius 2 is 1.71 bits per heavy atom. The number of hydrogen-bond donors (Lipinski definition) is 2. The molecule has 2 aromatic carbocycles. The summed E-state index contributed by atoms with van der Waals surface area (Å²) in [5.74, 6) is 0. The summed E-state index contributed by atoms with van der Waals surface area (Å²) in [5.41, 5.74) is 1.93. The first-order chi connectivity index (χ1) is 11.6. The molecular weight excluding hydrogens is 342 g/mol. The fraction of sp³-hybridized carbons (Fsp3) is 0.235. The molecule has 0 spiro atoms. The van der Waals surface area contributed by atoms with Gasteiger partial charge in [-0.05, 0) is 24.1 Å². The molecule has 2 N–H and O–H groups in total. The normalized spacial score (nSPS) is 11.8. The van der Waals surface area contributed by atoms with Crippen molar-refractivity contribution in [3.8, 4) is 0 Å². The number of nitrogens with one attached hydrogen (secondary N) is 2. The van der Waals surface area contributed by atoms with E-state index >= 15 is 0 Å². The van der Waals surface area contributed by atoms with Gasteiger partial charge in [0.1, 0.15) is 0 Å². The third-order valence-electron chi connectivity index (χ3n) is 3.51. The van der Waals surface area contributed by atoms with Gasteiger partial charge in [-0.15, -0.1) is 11.3 Å². The lowest BCUT2D eigenvalue weighted by molar-refractivity contribution is 0.563. The molecule has 0 aliphatic heterocycles. The Morgan fingerprint density at radius 1 is 0.958 bits per heavy atom. The van der Waals surface area contributed by atoms with Crippen molar-refractivity contribution in [1.29, 1.82) is 0 Å². The maximum Gasteiger partial charge on any atom is 0.277 e. The fourth-order valence-corrected chi connectivity index (χ4v) is 4.18. The van der Waals surface area contributed by atoms with E-state index in [0.717, 1.165) is 27.2 Å². The number of aryl methyl sites for hydroxylation is 1. The third-order valence-corrected chi connectivity index (χ3v) is 5.71. The van der Waals surface area contributed by atoms with Crippen LogP contribution in [0, 0.1) is 0 Å². The van der Waals surface area contributed by atoms with Crippen LogP contribution in [0.2, 0.25) is 0 Å². The van der Waals surface area contributed by atoms with Crippen LogP contribution >= 0.6 is 11.3 Å². The van der Waals surface area contributed by atoms with Gasteiger partial charge in [0, 0.05) is 19.5 Å². The average Bonchev–Trinajstić information content (AvgIpc) is 3.01. The minimum atomic E-state index is -3.48. The number of hydrogen-bond acceptors (Lipinski definition) is 4. The van der Waals surface area contributed by atoms with Crippen LogP contribution in [0.3, 0.4) is 0 Å². The zero-order valence-corrected chi connectivity index (χ0v) is 14.7. The Bertz CT molecular complexity index is 859. The molecule has 0 amide bonds. The number of aromatic nitrogens is 1. The van der Waals surface area contributed by atoms with Gasteiger partial charge in [0.05, 0.1) is 15.2 Å². The lowest BCUT2D eigenvalue weighted by Crippen LogP contribution is -2.36. The maximum atomic E-state index is 11.9. The van der Waals surface area contributed by atoms with Crippen molar-refractivity contribution in [2.75, 3.05) is 6.54 Å². The number of para-hydroxylation sites is 1. The van der Waals surface area contributed by atoms with Gasteiger partial charge in [-0.2, -0.15) is 13.1 Å². The van der Waals surface area contributed by atoms with E-state index < -0.39 is 10.2 Å². The molecule has 24 heavy (non-hydrogen) atoms. The van der Waals surface area contributed by atoms with E-state index in [1.165, 1.54) is 0 Å². The highest BCUT2D eigenvalue weighted by Crippen LogP contribution is 2.22. The van der Waals surface area contributed by atoms with Crippen molar-refractivity contribution in [2.24, 2.45) is 0 Å². The molecule has 0 unspecified atom stereocenters. The lowest BCUT2D eigenvalue weighted by atomic mass is 10.2. The van der Waals surface area contributed by atoms with E-state index in [2.05, 4.69) is 14.4 Å². The van der Waals surface area contributed by atoms with Gasteiger partial charge in [0.2, 0.25) is 0 Å². The summed E-state index contributed by atoms with van der Waals surface area (Å²) in [6, 6.07) is 17.4. The van der Waals surface area contributed by atoms with Gasteiger partial charge >= 0.3 is 0 Å². The van der Waals surface area contributed by atoms with Gasteiger partial charge in [0.25, 0.3) is 10.2 Å². The Labute approximate surface area is 145 Å². The van der Waals surface area contributed by atoms with Gasteiger partial charge in [0.15, 0.2) is 0 Å². The number of rotatable bonds is 8. The quantitative estimate of drug-likeness (QED) is 0.606. The number of thiazole rings is 1. The number of nitrogens with zero attached hydrogens (tertiary/aromatic N) is 1. The summed E-state index contributed by atoms with van der Waals surface area (Å²) in [7, 11) is -3.48. The summed E-state index contributed by atoms with van der Waals surface area (Å²) in [4.78, 5) is 4.55. The van der Waals surface area contributed by atoms with Crippen LogP contribution in [0.4, 0.5) is 0 Å². The predicted octanol–water partition coefficient (Wildman–Crippen LogP) is 2.85. The second-order valence-corrected chi connectivity index (χ2v) is 8.08. The number of benzene rings is 2. The molecule has 1 heterocycles. The molecule has 3 rings (SSSR count). The Balaban J connectivity index is 1.43. The van der Waals surface area contributed by atoms with Gasteiger partial charge in [-0.1, -0.05) is 42.5 Å². The second kappa shape index (κ2) is 7.85. The molecule has 126 valence electrons. The molecule has 5 nitrogen and oxygen atoms in total. The Kier molecular flexibility index (Phi) is 5.57. The van der Waals surface area contributed by atoms with E-state index in [9.17, 15) is 8.42 Å². The zero-order valence-electron chi connectivity index (χ0n) is 13.1. The van der Waals surface area contributed by atoms with Crippen LogP contribution in [0.5, 0.6) is 0 Å². The van der Waals surface area contributed by atoms with Crippen molar-refractivity contribution in [2.45, 2.75) is 19.4 Å².